The first kappa shape index (κ1) is 17.1. The Morgan fingerprint density at radius 2 is 1.91 bits per heavy atom. The highest BCUT2D eigenvalue weighted by Gasteiger charge is 2.11. The van der Waals surface area contributed by atoms with Crippen LogP contribution in [0.4, 0.5) is 0 Å². The molecule has 0 unspecified atom stereocenters. The van der Waals surface area contributed by atoms with Gasteiger partial charge in [0.25, 0.3) is 0 Å². The Morgan fingerprint density at radius 1 is 1.22 bits per heavy atom. The average Bonchev–Trinajstić information content (AvgIpc) is 2.99. The van der Waals surface area contributed by atoms with E-state index in [0.29, 0.717) is 22.7 Å². The predicted molar refractivity (Wildman–Crippen MR) is 90.9 cm³/mol. The number of rotatable bonds is 4. The van der Waals surface area contributed by atoms with Crippen LogP contribution in [0.3, 0.4) is 0 Å². The van der Waals surface area contributed by atoms with E-state index in [-0.39, 0.29) is 6.61 Å². The van der Waals surface area contributed by atoms with Crippen LogP contribution in [0.2, 0.25) is 5.02 Å². The molecule has 0 bridgehead atoms. The second kappa shape index (κ2) is 7.87. The molecule has 23 heavy (non-hydrogen) atoms. The molecule has 0 aliphatic rings. The number of benzene rings is 2. The number of nitrogens with zero attached hydrogens (tertiary/aromatic N) is 1. The van der Waals surface area contributed by atoms with Gasteiger partial charge in [-0.05, 0) is 29.7 Å². The molecule has 0 spiro atoms. The molecule has 0 saturated carbocycles. The zero-order valence-electron chi connectivity index (χ0n) is 12.6. The predicted octanol–water partition coefficient (Wildman–Crippen LogP) is 2.84. The van der Waals surface area contributed by atoms with Crippen molar-refractivity contribution in [2.45, 2.75) is 6.42 Å². The van der Waals surface area contributed by atoms with E-state index in [1.807, 2.05) is 30.3 Å². The summed E-state index contributed by atoms with van der Waals surface area (Å²) in [6.45, 7) is 0.129. The van der Waals surface area contributed by atoms with Crippen molar-refractivity contribution in [1.29, 1.82) is 0 Å². The number of carbonyl (C=O) groups excluding carboxylic acids is 1. The third-order valence-corrected chi connectivity index (χ3v) is 3.77. The number of hydrogen-bond acceptors (Lipinski definition) is 4. The van der Waals surface area contributed by atoms with Crippen LogP contribution >= 0.6 is 11.6 Å². The number of aliphatic hydroxyl groups excluding tert-OH is 2. The van der Waals surface area contributed by atoms with E-state index in [9.17, 15) is 4.79 Å². The molecule has 6 heteroatoms. The van der Waals surface area contributed by atoms with Gasteiger partial charge in [-0.1, -0.05) is 35.9 Å². The van der Waals surface area contributed by atoms with Crippen molar-refractivity contribution in [3.05, 3.63) is 52.7 Å². The second-order valence-electron chi connectivity index (χ2n) is 4.77. The summed E-state index contributed by atoms with van der Waals surface area (Å²) in [5.74, 6) is 0. The average molecular weight is 333 g/mol. The Morgan fingerprint density at radius 3 is 2.52 bits per heavy atom. The molecule has 3 rings (SSSR count). The summed E-state index contributed by atoms with van der Waals surface area (Å²) in [6.07, 6.45) is 1.38. The third kappa shape index (κ3) is 3.59. The van der Waals surface area contributed by atoms with E-state index in [1.165, 1.54) is 0 Å². The van der Waals surface area contributed by atoms with Gasteiger partial charge >= 0.3 is 0 Å². The van der Waals surface area contributed by atoms with Crippen LogP contribution < -0.4 is 0 Å². The summed E-state index contributed by atoms with van der Waals surface area (Å²) >= 11 is 6.31. The number of halogens is 1. The Hall–Kier alpha value is -2.21. The van der Waals surface area contributed by atoms with Crippen molar-refractivity contribution < 1.29 is 15.0 Å². The maximum atomic E-state index is 11.0. The first-order valence-electron chi connectivity index (χ1n) is 7.00. The number of fused-ring (bicyclic) bond motifs is 1. The molecule has 3 aromatic rings. The smallest absolute Gasteiger partial charge is 0.168 e. The van der Waals surface area contributed by atoms with Crippen LogP contribution in [0.1, 0.15) is 16.1 Å². The summed E-state index contributed by atoms with van der Waals surface area (Å²) in [5, 5.41) is 24.0. The van der Waals surface area contributed by atoms with Crippen LogP contribution in [0.5, 0.6) is 0 Å². The van der Waals surface area contributed by atoms with Crippen LogP contribution in [-0.2, 0) is 6.42 Å². The van der Waals surface area contributed by atoms with Gasteiger partial charge in [-0.25, -0.2) is 0 Å². The van der Waals surface area contributed by atoms with E-state index in [1.54, 1.807) is 6.07 Å². The summed E-state index contributed by atoms with van der Waals surface area (Å²) < 4.78 is 0. The van der Waals surface area contributed by atoms with Gasteiger partial charge in [0.1, 0.15) is 5.69 Å². The molecule has 0 amide bonds. The van der Waals surface area contributed by atoms with Crippen molar-refractivity contribution in [3.63, 3.8) is 0 Å². The molecule has 0 atom stereocenters. The normalized spacial score (nSPS) is 10.3. The number of aliphatic hydroxyl groups is 2. The molecule has 0 aliphatic carbocycles. The van der Waals surface area contributed by atoms with Gasteiger partial charge in [-0.2, -0.15) is 5.10 Å². The first-order valence-corrected chi connectivity index (χ1v) is 7.38. The maximum Gasteiger partial charge on any atom is 0.168 e. The van der Waals surface area contributed by atoms with Crippen molar-refractivity contribution in [2.24, 2.45) is 0 Å². The van der Waals surface area contributed by atoms with Gasteiger partial charge in [0.2, 0.25) is 0 Å². The van der Waals surface area contributed by atoms with Gasteiger partial charge in [0.05, 0.1) is 10.5 Å². The summed E-state index contributed by atoms with van der Waals surface area (Å²) in [7, 11) is 1.00. The number of hydrogen-bond donors (Lipinski definition) is 3. The molecular weight excluding hydrogens is 316 g/mol. The summed E-state index contributed by atoms with van der Waals surface area (Å²) in [6, 6.07) is 11.4. The van der Waals surface area contributed by atoms with Gasteiger partial charge in [-0.15, -0.1) is 0 Å². The molecule has 120 valence electrons. The van der Waals surface area contributed by atoms with E-state index < -0.39 is 0 Å². The highest BCUT2D eigenvalue weighted by molar-refractivity contribution is 6.34. The van der Waals surface area contributed by atoms with Crippen molar-refractivity contribution in [2.75, 3.05) is 13.7 Å². The van der Waals surface area contributed by atoms with Crippen molar-refractivity contribution >= 4 is 28.8 Å². The molecule has 1 heterocycles. The first-order chi connectivity index (χ1) is 11.2. The zero-order valence-corrected chi connectivity index (χ0v) is 13.3. The van der Waals surface area contributed by atoms with Crippen LogP contribution in [0.15, 0.2) is 36.4 Å². The lowest BCUT2D eigenvalue weighted by Crippen LogP contribution is -1.90. The fourth-order valence-corrected chi connectivity index (χ4v) is 2.61. The minimum atomic E-state index is 0.129. The highest BCUT2D eigenvalue weighted by atomic mass is 35.5. The molecule has 0 fully saturated rings. The van der Waals surface area contributed by atoms with Gasteiger partial charge in [0.15, 0.2) is 6.29 Å². The van der Waals surface area contributed by atoms with E-state index in [0.717, 1.165) is 35.5 Å². The molecule has 2 aromatic carbocycles. The molecule has 0 aliphatic heterocycles. The Balaban J connectivity index is 0.000000924. The van der Waals surface area contributed by atoms with Crippen LogP contribution in [0.25, 0.3) is 22.0 Å². The molecule has 5 nitrogen and oxygen atoms in total. The Bertz CT molecular complexity index is 797. The number of carbonyl (C=O) groups is 1. The minimum absolute atomic E-state index is 0.129. The monoisotopic (exact) mass is 332 g/mol. The lowest BCUT2D eigenvalue weighted by atomic mass is 10.0. The summed E-state index contributed by atoms with van der Waals surface area (Å²) in [5.41, 5.74) is 3.99. The van der Waals surface area contributed by atoms with Gasteiger partial charge in [-0.3, -0.25) is 9.89 Å². The van der Waals surface area contributed by atoms with Crippen LogP contribution in [0, 0.1) is 0 Å². The second-order valence-corrected chi connectivity index (χ2v) is 5.18. The molecule has 0 saturated heterocycles. The number of aromatic nitrogens is 2. The SMILES string of the molecule is CO.O=Cc1[nH]nc2cc(Cl)c(-c3ccc(CCO)cc3)cc12. The summed E-state index contributed by atoms with van der Waals surface area (Å²) in [4.78, 5) is 11.0. The van der Waals surface area contributed by atoms with Gasteiger partial charge in [0, 0.05) is 24.7 Å². The Labute approximate surface area is 138 Å². The van der Waals surface area contributed by atoms with Crippen LogP contribution in [-0.4, -0.2) is 40.4 Å². The minimum Gasteiger partial charge on any atom is -0.400 e. The topological polar surface area (TPSA) is 86.2 Å². The Kier molecular flexibility index (Phi) is 5.87. The van der Waals surface area contributed by atoms with Crippen molar-refractivity contribution in [1.82, 2.24) is 10.2 Å². The maximum absolute atomic E-state index is 11.0. The lowest BCUT2D eigenvalue weighted by Gasteiger charge is -2.06. The fraction of sp³-hybridized carbons (Fsp3) is 0.176. The number of H-pyrrole nitrogens is 1. The number of nitrogens with one attached hydrogen (secondary N) is 1. The largest absolute Gasteiger partial charge is 0.400 e. The van der Waals surface area contributed by atoms with E-state index in [2.05, 4.69) is 10.2 Å². The number of aromatic amines is 1. The standard InChI is InChI=1S/C16H13ClN2O2.CH4O/c17-14-8-15-13(16(9-21)19-18-15)7-12(14)11-3-1-10(2-4-11)5-6-20;1-2/h1-4,7-9,20H,5-6H2,(H,18,19);2H,1H3. The molecule has 3 N–H and O–H groups in total. The van der Waals surface area contributed by atoms with E-state index in [4.69, 9.17) is 21.8 Å². The third-order valence-electron chi connectivity index (χ3n) is 3.46. The molecule has 1 aromatic heterocycles. The molecule has 0 radical (unpaired) electrons. The lowest BCUT2D eigenvalue weighted by molar-refractivity contribution is 0.112. The zero-order chi connectivity index (χ0) is 16.8. The quantitative estimate of drug-likeness (QED) is 0.641. The fourth-order valence-electron chi connectivity index (χ4n) is 2.34. The van der Waals surface area contributed by atoms with E-state index >= 15 is 0 Å². The van der Waals surface area contributed by atoms with Gasteiger partial charge < -0.3 is 10.2 Å². The number of aldehydes is 1. The molecular formula is C17H17ClN2O3. The van der Waals surface area contributed by atoms with Crippen molar-refractivity contribution in [3.8, 4) is 11.1 Å². The highest BCUT2D eigenvalue weighted by Crippen LogP contribution is 2.32.